The zero-order chi connectivity index (χ0) is 17.3. The largest absolute Gasteiger partial charge is 0.393 e. The van der Waals surface area contributed by atoms with Crippen LogP contribution in [0.5, 0.6) is 0 Å². The number of carbonyl (C=O) groups is 1. The number of nitrogens with zero attached hydrogens (tertiary/aromatic N) is 2. The Morgan fingerprint density at radius 1 is 1.29 bits per heavy atom. The molecule has 1 aromatic carbocycles. The van der Waals surface area contributed by atoms with Gasteiger partial charge < -0.3 is 10.0 Å². The van der Waals surface area contributed by atoms with Gasteiger partial charge in [-0.2, -0.15) is 0 Å². The number of aromatic nitrogens is 1. The average Bonchev–Trinajstić information content (AvgIpc) is 2.94. The number of aliphatic hydroxyl groups excluding tert-OH is 1. The molecule has 1 amide bonds. The first-order valence-corrected chi connectivity index (χ1v) is 8.15. The molecule has 7 heteroatoms. The molecule has 0 radical (unpaired) electrons. The normalized spacial score (nSPS) is 23.5. The van der Waals surface area contributed by atoms with E-state index in [0.29, 0.717) is 0 Å². The standard InChI is InChI=1S/C17H15Cl2FN2O2/c18-13-6-21-7-14(19)15(13)16(24)22-8-12(17(20,9-22)10-23)11-4-2-1-3-5-11/h1-7,12,23H,8-10H2/t12-,17+/m1/s1. The molecule has 0 bridgehead atoms. The number of aliphatic hydroxyl groups is 1. The highest BCUT2D eigenvalue weighted by Gasteiger charge is 2.49. The first kappa shape index (κ1) is 17.1. The van der Waals surface area contributed by atoms with Gasteiger partial charge in [-0.05, 0) is 5.56 Å². The molecule has 3 rings (SSSR count). The molecule has 0 saturated carbocycles. The number of carbonyl (C=O) groups excluding carboxylic acids is 1. The number of halogens is 3. The highest BCUT2D eigenvalue weighted by Crippen LogP contribution is 2.40. The second-order valence-electron chi connectivity index (χ2n) is 5.82. The number of benzene rings is 1. The Labute approximate surface area is 148 Å². The van der Waals surface area contributed by atoms with Gasteiger partial charge in [0.05, 0.1) is 28.8 Å². The van der Waals surface area contributed by atoms with Crippen molar-refractivity contribution in [2.24, 2.45) is 0 Å². The highest BCUT2D eigenvalue weighted by atomic mass is 35.5. The number of rotatable bonds is 3. The van der Waals surface area contributed by atoms with E-state index >= 15 is 4.39 Å². The summed E-state index contributed by atoms with van der Waals surface area (Å²) in [5.41, 5.74) is -1.08. The zero-order valence-electron chi connectivity index (χ0n) is 12.6. The number of amides is 1. The minimum absolute atomic E-state index is 0.0994. The fourth-order valence-corrected chi connectivity index (χ4v) is 3.58. The predicted molar refractivity (Wildman–Crippen MR) is 90.3 cm³/mol. The molecule has 2 heterocycles. The van der Waals surface area contributed by atoms with Crippen LogP contribution < -0.4 is 0 Å². The summed E-state index contributed by atoms with van der Waals surface area (Å²) in [6.07, 6.45) is 2.64. The summed E-state index contributed by atoms with van der Waals surface area (Å²) in [6, 6.07) is 9.00. The van der Waals surface area contributed by atoms with E-state index in [1.165, 1.54) is 17.3 Å². The van der Waals surface area contributed by atoms with Crippen molar-refractivity contribution >= 4 is 29.1 Å². The van der Waals surface area contributed by atoms with Crippen LogP contribution in [0.1, 0.15) is 21.8 Å². The smallest absolute Gasteiger partial charge is 0.257 e. The summed E-state index contributed by atoms with van der Waals surface area (Å²) in [5.74, 6) is -1.09. The lowest BCUT2D eigenvalue weighted by molar-refractivity contribution is 0.0576. The van der Waals surface area contributed by atoms with Crippen LogP contribution in [0.15, 0.2) is 42.7 Å². The van der Waals surface area contributed by atoms with Gasteiger partial charge >= 0.3 is 0 Å². The van der Waals surface area contributed by atoms with E-state index in [4.69, 9.17) is 23.2 Å². The van der Waals surface area contributed by atoms with Gasteiger partial charge in [0.1, 0.15) is 0 Å². The van der Waals surface area contributed by atoms with Crippen LogP contribution in [0.4, 0.5) is 4.39 Å². The summed E-state index contributed by atoms with van der Waals surface area (Å²) < 4.78 is 15.2. The first-order valence-electron chi connectivity index (χ1n) is 7.39. The van der Waals surface area contributed by atoms with Gasteiger partial charge in [0, 0.05) is 24.9 Å². The molecule has 1 saturated heterocycles. The summed E-state index contributed by atoms with van der Waals surface area (Å²) >= 11 is 12.0. The van der Waals surface area contributed by atoms with Gasteiger partial charge in [0.2, 0.25) is 0 Å². The summed E-state index contributed by atoms with van der Waals surface area (Å²) in [6.45, 7) is -0.764. The van der Waals surface area contributed by atoms with Gasteiger partial charge in [-0.3, -0.25) is 9.78 Å². The van der Waals surface area contributed by atoms with Crippen LogP contribution in [0.25, 0.3) is 0 Å². The highest BCUT2D eigenvalue weighted by molar-refractivity contribution is 6.39. The number of hydrogen-bond acceptors (Lipinski definition) is 3. The fraction of sp³-hybridized carbons (Fsp3) is 0.294. The molecule has 0 unspecified atom stereocenters. The van der Waals surface area contributed by atoms with E-state index in [1.807, 2.05) is 6.07 Å². The third-order valence-corrected chi connectivity index (χ3v) is 4.87. The molecule has 1 fully saturated rings. The second-order valence-corrected chi connectivity index (χ2v) is 6.63. The predicted octanol–water partition coefficient (Wildman–Crippen LogP) is 3.33. The molecule has 1 N–H and O–H groups in total. The van der Waals surface area contributed by atoms with Crippen molar-refractivity contribution in [3.63, 3.8) is 0 Å². The van der Waals surface area contributed by atoms with E-state index in [0.717, 1.165) is 5.56 Å². The molecular weight excluding hydrogens is 354 g/mol. The molecule has 0 aliphatic carbocycles. The molecule has 1 aliphatic rings. The van der Waals surface area contributed by atoms with Gasteiger partial charge in [0.15, 0.2) is 5.67 Å². The SMILES string of the molecule is O=C(c1c(Cl)cncc1Cl)N1C[C@H](c2ccccc2)[C@@](F)(CO)C1. The Balaban J connectivity index is 1.93. The maximum absolute atomic E-state index is 15.2. The molecule has 0 spiro atoms. The monoisotopic (exact) mass is 368 g/mol. The van der Waals surface area contributed by atoms with E-state index in [9.17, 15) is 9.90 Å². The third-order valence-electron chi connectivity index (χ3n) is 4.30. The first-order chi connectivity index (χ1) is 11.5. The Kier molecular flexibility index (Phi) is 4.76. The Morgan fingerprint density at radius 2 is 1.92 bits per heavy atom. The lowest BCUT2D eigenvalue weighted by atomic mass is 9.87. The summed E-state index contributed by atoms with van der Waals surface area (Å²) in [7, 11) is 0. The van der Waals surface area contributed by atoms with Crippen molar-refractivity contribution in [1.82, 2.24) is 9.88 Å². The zero-order valence-corrected chi connectivity index (χ0v) is 14.1. The van der Waals surface area contributed by atoms with Gasteiger partial charge in [-0.15, -0.1) is 0 Å². The molecule has 126 valence electrons. The topological polar surface area (TPSA) is 53.4 Å². The summed E-state index contributed by atoms with van der Waals surface area (Å²) in [5, 5.41) is 9.79. The summed E-state index contributed by atoms with van der Waals surface area (Å²) in [4.78, 5) is 17.9. The van der Waals surface area contributed by atoms with Crippen LogP contribution >= 0.6 is 23.2 Å². The van der Waals surface area contributed by atoms with Crippen LogP contribution in [0, 0.1) is 0 Å². The quantitative estimate of drug-likeness (QED) is 0.903. The van der Waals surface area contributed by atoms with Gasteiger partial charge in [-0.25, -0.2) is 4.39 Å². The number of pyridine rings is 1. The van der Waals surface area contributed by atoms with Crippen molar-refractivity contribution in [3.8, 4) is 0 Å². The molecule has 4 nitrogen and oxygen atoms in total. The van der Waals surface area contributed by atoms with Crippen LogP contribution in [-0.2, 0) is 0 Å². The molecular formula is C17H15Cl2FN2O2. The molecule has 24 heavy (non-hydrogen) atoms. The van der Waals surface area contributed by atoms with Crippen LogP contribution in [0.3, 0.4) is 0 Å². The van der Waals surface area contributed by atoms with Crippen molar-refractivity contribution in [2.45, 2.75) is 11.6 Å². The van der Waals surface area contributed by atoms with E-state index in [2.05, 4.69) is 4.98 Å². The number of alkyl halides is 1. The third kappa shape index (κ3) is 2.99. The molecule has 2 aromatic rings. The molecule has 1 aromatic heterocycles. The van der Waals surface area contributed by atoms with Crippen molar-refractivity contribution < 1.29 is 14.3 Å². The Morgan fingerprint density at radius 3 is 2.50 bits per heavy atom. The molecule has 2 atom stereocenters. The molecule has 1 aliphatic heterocycles. The van der Waals surface area contributed by atoms with E-state index in [-0.39, 0.29) is 28.7 Å². The van der Waals surface area contributed by atoms with Gasteiger partial charge in [0.25, 0.3) is 5.91 Å². The van der Waals surface area contributed by atoms with Crippen molar-refractivity contribution in [3.05, 3.63) is 63.9 Å². The number of hydrogen-bond donors (Lipinski definition) is 1. The average molecular weight is 369 g/mol. The lowest BCUT2D eigenvalue weighted by Gasteiger charge is -2.23. The van der Waals surface area contributed by atoms with E-state index in [1.54, 1.807) is 24.3 Å². The Hall–Kier alpha value is -1.69. The maximum atomic E-state index is 15.2. The minimum atomic E-state index is -1.91. The minimum Gasteiger partial charge on any atom is -0.393 e. The van der Waals surface area contributed by atoms with Crippen LogP contribution in [-0.4, -0.2) is 46.3 Å². The maximum Gasteiger partial charge on any atom is 0.257 e. The van der Waals surface area contributed by atoms with Crippen LogP contribution in [0.2, 0.25) is 10.0 Å². The Bertz CT molecular complexity index is 739. The van der Waals surface area contributed by atoms with Gasteiger partial charge in [-0.1, -0.05) is 53.5 Å². The van der Waals surface area contributed by atoms with Crippen molar-refractivity contribution in [1.29, 1.82) is 0 Å². The second kappa shape index (κ2) is 6.67. The lowest BCUT2D eigenvalue weighted by Crippen LogP contribution is -2.37. The fourth-order valence-electron chi connectivity index (χ4n) is 3.05. The van der Waals surface area contributed by atoms with E-state index < -0.39 is 24.1 Å². The number of likely N-dealkylation sites (tertiary alicyclic amines) is 1. The van der Waals surface area contributed by atoms with Crippen molar-refractivity contribution in [2.75, 3.05) is 19.7 Å².